The molecule has 2 aliphatic heterocycles. The molecule has 74 valence electrons. The van der Waals surface area contributed by atoms with Crippen molar-refractivity contribution in [3.05, 3.63) is 0 Å². The van der Waals surface area contributed by atoms with Crippen LogP contribution in [0.25, 0.3) is 0 Å². The van der Waals surface area contributed by atoms with Crippen LogP contribution in [0.3, 0.4) is 0 Å². The van der Waals surface area contributed by atoms with Gasteiger partial charge in [-0.15, -0.1) is 0 Å². The molecule has 4 heteroatoms. The lowest BCUT2D eigenvalue weighted by molar-refractivity contribution is -0.143. The number of rotatable bonds is 0. The number of nitrogens with one attached hydrogen (secondary N) is 1. The quantitative estimate of drug-likeness (QED) is 0.530. The van der Waals surface area contributed by atoms with Crippen LogP contribution in [0.5, 0.6) is 0 Å². The molecule has 2 heterocycles. The average molecular weight is 183 g/mol. The van der Waals surface area contributed by atoms with Crippen molar-refractivity contribution >= 4 is 5.91 Å². The third kappa shape index (κ3) is 1.44. The first kappa shape index (κ1) is 8.97. The van der Waals surface area contributed by atoms with E-state index in [1.165, 1.54) is 0 Å². The fraction of sp³-hybridized carbons (Fsp3) is 0.889. The minimum atomic E-state index is 0.0749. The molecule has 2 aliphatic rings. The predicted molar refractivity (Wildman–Crippen MR) is 50.5 cm³/mol. The highest BCUT2D eigenvalue weighted by Crippen LogP contribution is 2.16. The van der Waals surface area contributed by atoms with E-state index >= 15 is 0 Å². The van der Waals surface area contributed by atoms with Gasteiger partial charge in [0.1, 0.15) is 0 Å². The van der Waals surface area contributed by atoms with Gasteiger partial charge in [0.15, 0.2) is 0 Å². The predicted octanol–water partition coefficient (Wildman–Crippen LogP) is -0.879. The molecule has 2 fully saturated rings. The molecule has 2 rings (SSSR count). The Morgan fingerprint density at radius 2 is 2.31 bits per heavy atom. The first-order valence-corrected chi connectivity index (χ1v) is 4.91. The molecule has 0 radical (unpaired) electrons. The van der Waals surface area contributed by atoms with E-state index in [4.69, 9.17) is 0 Å². The van der Waals surface area contributed by atoms with Gasteiger partial charge in [0, 0.05) is 39.3 Å². The molecule has 0 spiro atoms. The van der Waals surface area contributed by atoms with Gasteiger partial charge in [-0.25, -0.2) is 0 Å². The molecule has 0 bridgehead atoms. The van der Waals surface area contributed by atoms with Crippen LogP contribution in [0, 0.1) is 0 Å². The van der Waals surface area contributed by atoms with Crippen LogP contribution in [-0.2, 0) is 4.79 Å². The SMILES string of the molecule is CC1C(=O)N(C)CC2CNCCN21. The highest BCUT2D eigenvalue weighted by Gasteiger charge is 2.37. The Morgan fingerprint density at radius 1 is 1.54 bits per heavy atom. The summed E-state index contributed by atoms with van der Waals surface area (Å²) in [4.78, 5) is 15.8. The van der Waals surface area contributed by atoms with Crippen molar-refractivity contribution in [2.75, 3.05) is 33.2 Å². The largest absolute Gasteiger partial charge is 0.343 e. The topological polar surface area (TPSA) is 35.6 Å². The van der Waals surface area contributed by atoms with Gasteiger partial charge in [-0.3, -0.25) is 9.69 Å². The second-order valence-electron chi connectivity index (χ2n) is 3.99. The summed E-state index contributed by atoms with van der Waals surface area (Å²) in [6.07, 6.45) is 0. The Balaban J connectivity index is 2.12. The van der Waals surface area contributed by atoms with E-state index in [1.54, 1.807) is 0 Å². The lowest BCUT2D eigenvalue weighted by atomic mass is 10.0. The second kappa shape index (κ2) is 3.27. The zero-order valence-electron chi connectivity index (χ0n) is 8.29. The van der Waals surface area contributed by atoms with Crippen LogP contribution >= 0.6 is 0 Å². The van der Waals surface area contributed by atoms with Crippen LogP contribution in [0.2, 0.25) is 0 Å². The number of carbonyl (C=O) groups excluding carboxylic acids is 1. The number of carbonyl (C=O) groups is 1. The molecule has 0 aromatic carbocycles. The highest BCUT2D eigenvalue weighted by molar-refractivity contribution is 5.82. The summed E-state index contributed by atoms with van der Waals surface area (Å²) in [5.41, 5.74) is 0. The van der Waals surface area contributed by atoms with Gasteiger partial charge in [0.05, 0.1) is 6.04 Å². The molecule has 0 aromatic rings. The lowest BCUT2D eigenvalue weighted by Crippen LogP contribution is -2.65. The van der Waals surface area contributed by atoms with Gasteiger partial charge in [0.2, 0.25) is 5.91 Å². The van der Waals surface area contributed by atoms with E-state index in [1.807, 2.05) is 18.9 Å². The monoisotopic (exact) mass is 183 g/mol. The standard InChI is InChI=1S/C9H17N3O/c1-7-9(13)11(2)6-8-5-10-3-4-12(7)8/h7-8,10H,3-6H2,1-2H3. The minimum absolute atomic E-state index is 0.0749. The van der Waals surface area contributed by atoms with Gasteiger partial charge in [-0.2, -0.15) is 0 Å². The van der Waals surface area contributed by atoms with Gasteiger partial charge >= 0.3 is 0 Å². The third-order valence-electron chi connectivity index (χ3n) is 3.11. The minimum Gasteiger partial charge on any atom is -0.343 e. The summed E-state index contributed by atoms with van der Waals surface area (Å²) >= 11 is 0. The first-order chi connectivity index (χ1) is 6.20. The molecule has 1 amide bonds. The van der Waals surface area contributed by atoms with E-state index in [9.17, 15) is 4.79 Å². The fourth-order valence-corrected chi connectivity index (χ4v) is 2.32. The Morgan fingerprint density at radius 3 is 3.08 bits per heavy atom. The van der Waals surface area contributed by atoms with E-state index in [2.05, 4.69) is 10.2 Å². The molecule has 0 aliphatic carbocycles. The van der Waals surface area contributed by atoms with Gasteiger partial charge in [-0.1, -0.05) is 0 Å². The van der Waals surface area contributed by atoms with Crippen LogP contribution < -0.4 is 5.32 Å². The number of likely N-dealkylation sites (N-methyl/N-ethyl adjacent to an activating group) is 1. The van der Waals surface area contributed by atoms with Crippen molar-refractivity contribution in [1.29, 1.82) is 0 Å². The molecule has 0 aromatic heterocycles. The zero-order valence-corrected chi connectivity index (χ0v) is 8.29. The van der Waals surface area contributed by atoms with Crippen molar-refractivity contribution in [2.45, 2.75) is 19.0 Å². The smallest absolute Gasteiger partial charge is 0.239 e. The van der Waals surface area contributed by atoms with Crippen LogP contribution in [-0.4, -0.2) is 61.0 Å². The molecule has 2 atom stereocenters. The van der Waals surface area contributed by atoms with E-state index in [0.717, 1.165) is 26.2 Å². The highest BCUT2D eigenvalue weighted by atomic mass is 16.2. The summed E-state index contributed by atoms with van der Waals surface area (Å²) in [6, 6.07) is 0.595. The number of nitrogens with zero attached hydrogens (tertiary/aromatic N) is 2. The summed E-state index contributed by atoms with van der Waals surface area (Å²) in [5, 5.41) is 3.36. The van der Waals surface area contributed by atoms with Crippen LogP contribution in [0.1, 0.15) is 6.92 Å². The number of fused-ring (bicyclic) bond motifs is 1. The number of amides is 1. The Bertz CT molecular complexity index is 219. The molecular weight excluding hydrogens is 166 g/mol. The maximum absolute atomic E-state index is 11.6. The molecule has 4 nitrogen and oxygen atoms in total. The Kier molecular flexibility index (Phi) is 2.26. The van der Waals surface area contributed by atoms with Crippen molar-refractivity contribution in [1.82, 2.24) is 15.1 Å². The summed E-state index contributed by atoms with van der Waals surface area (Å²) in [6.45, 7) is 5.91. The summed E-state index contributed by atoms with van der Waals surface area (Å²) in [5.74, 6) is 0.262. The Hall–Kier alpha value is -0.610. The van der Waals surface area contributed by atoms with Crippen molar-refractivity contribution in [3.63, 3.8) is 0 Å². The second-order valence-corrected chi connectivity index (χ2v) is 3.99. The third-order valence-corrected chi connectivity index (χ3v) is 3.11. The average Bonchev–Trinajstić information content (AvgIpc) is 2.15. The van der Waals surface area contributed by atoms with Gasteiger partial charge in [-0.05, 0) is 6.92 Å². The zero-order chi connectivity index (χ0) is 9.42. The first-order valence-electron chi connectivity index (χ1n) is 4.91. The summed E-state index contributed by atoms with van der Waals surface area (Å²) < 4.78 is 0. The number of piperazine rings is 2. The van der Waals surface area contributed by atoms with Gasteiger partial charge in [0.25, 0.3) is 0 Å². The van der Waals surface area contributed by atoms with Crippen LogP contribution in [0.15, 0.2) is 0 Å². The number of hydrogen-bond acceptors (Lipinski definition) is 3. The molecule has 1 N–H and O–H groups in total. The molecule has 2 saturated heterocycles. The van der Waals surface area contributed by atoms with E-state index in [0.29, 0.717) is 6.04 Å². The maximum Gasteiger partial charge on any atom is 0.239 e. The van der Waals surface area contributed by atoms with Crippen molar-refractivity contribution < 1.29 is 4.79 Å². The fourth-order valence-electron chi connectivity index (χ4n) is 2.32. The normalized spacial score (nSPS) is 36.2. The molecule has 13 heavy (non-hydrogen) atoms. The number of hydrogen-bond donors (Lipinski definition) is 1. The van der Waals surface area contributed by atoms with Gasteiger partial charge < -0.3 is 10.2 Å². The molecular formula is C9H17N3O. The molecule has 0 saturated carbocycles. The summed E-state index contributed by atoms with van der Waals surface area (Å²) in [7, 11) is 1.89. The van der Waals surface area contributed by atoms with Crippen LogP contribution in [0.4, 0.5) is 0 Å². The molecule has 2 unspecified atom stereocenters. The van der Waals surface area contributed by atoms with Crippen molar-refractivity contribution in [2.24, 2.45) is 0 Å². The maximum atomic E-state index is 11.6. The van der Waals surface area contributed by atoms with E-state index < -0.39 is 0 Å². The van der Waals surface area contributed by atoms with E-state index in [-0.39, 0.29) is 11.9 Å². The lowest BCUT2D eigenvalue weighted by Gasteiger charge is -2.46. The Labute approximate surface area is 78.9 Å². The van der Waals surface area contributed by atoms with Crippen molar-refractivity contribution in [3.8, 4) is 0 Å².